The van der Waals surface area contributed by atoms with Gasteiger partial charge >= 0.3 is 6.18 Å². The highest BCUT2D eigenvalue weighted by atomic mass is 19.4. The van der Waals surface area contributed by atoms with Crippen molar-refractivity contribution in [3.63, 3.8) is 0 Å². The minimum Gasteiger partial charge on any atom is -0.356 e. The van der Waals surface area contributed by atoms with Crippen LogP contribution in [0.2, 0.25) is 0 Å². The second-order valence-corrected chi connectivity index (χ2v) is 5.76. The molecule has 2 aromatic heterocycles. The number of piperidine rings is 1. The van der Waals surface area contributed by atoms with E-state index in [1.807, 2.05) is 4.90 Å². The highest BCUT2D eigenvalue weighted by Gasteiger charge is 2.33. The van der Waals surface area contributed by atoms with Crippen LogP contribution in [0.25, 0.3) is 0 Å². The van der Waals surface area contributed by atoms with Gasteiger partial charge in [-0.3, -0.25) is 9.36 Å². The molecular weight excluding hydrogens is 323 g/mol. The lowest BCUT2D eigenvalue weighted by Gasteiger charge is -2.33. The maximum atomic E-state index is 12.7. The van der Waals surface area contributed by atoms with Gasteiger partial charge in [-0.2, -0.15) is 13.2 Å². The number of anilines is 1. The fraction of sp³-hybridized carbons (Fsp3) is 0.467. The van der Waals surface area contributed by atoms with E-state index in [-0.39, 0.29) is 17.3 Å². The molecule has 24 heavy (non-hydrogen) atoms. The van der Waals surface area contributed by atoms with Gasteiger partial charge in [-0.05, 0) is 18.8 Å². The molecule has 0 atom stereocenters. The van der Waals surface area contributed by atoms with Gasteiger partial charge in [0, 0.05) is 38.0 Å². The molecule has 0 radical (unpaired) electrons. The molecule has 3 heterocycles. The third kappa shape index (κ3) is 3.72. The van der Waals surface area contributed by atoms with Crippen LogP contribution in [0.4, 0.5) is 19.0 Å². The van der Waals surface area contributed by atoms with Gasteiger partial charge in [-0.1, -0.05) is 0 Å². The Morgan fingerprint density at radius 1 is 1.21 bits per heavy atom. The monoisotopic (exact) mass is 339 g/mol. The SMILES string of the molecule is O=c1ccncn1CC1CCN(c2cc(C(F)(F)F)ncn2)CC1. The molecule has 0 aromatic carbocycles. The summed E-state index contributed by atoms with van der Waals surface area (Å²) in [5.41, 5.74) is -1.03. The second kappa shape index (κ2) is 6.58. The highest BCUT2D eigenvalue weighted by molar-refractivity contribution is 5.39. The fourth-order valence-corrected chi connectivity index (χ4v) is 2.81. The zero-order chi connectivity index (χ0) is 17.2. The van der Waals surface area contributed by atoms with Crippen LogP contribution in [0.5, 0.6) is 0 Å². The molecule has 0 spiro atoms. The Kier molecular flexibility index (Phi) is 4.50. The normalized spacial score (nSPS) is 16.4. The molecule has 2 aromatic rings. The van der Waals surface area contributed by atoms with Crippen molar-refractivity contribution < 1.29 is 13.2 Å². The molecule has 0 N–H and O–H groups in total. The van der Waals surface area contributed by atoms with Gasteiger partial charge < -0.3 is 4.90 Å². The number of alkyl halides is 3. The van der Waals surface area contributed by atoms with Crippen LogP contribution in [-0.4, -0.2) is 32.6 Å². The maximum Gasteiger partial charge on any atom is 0.433 e. The Morgan fingerprint density at radius 2 is 1.96 bits per heavy atom. The topological polar surface area (TPSA) is 63.9 Å². The van der Waals surface area contributed by atoms with Crippen molar-refractivity contribution in [3.05, 3.63) is 47.0 Å². The number of hydrogen-bond donors (Lipinski definition) is 0. The molecule has 0 unspecified atom stereocenters. The van der Waals surface area contributed by atoms with Crippen LogP contribution in [0.15, 0.2) is 35.8 Å². The number of nitrogens with zero attached hydrogens (tertiary/aromatic N) is 5. The van der Waals surface area contributed by atoms with Crippen LogP contribution >= 0.6 is 0 Å². The average Bonchev–Trinajstić information content (AvgIpc) is 2.57. The zero-order valence-electron chi connectivity index (χ0n) is 12.8. The molecule has 128 valence electrons. The van der Waals surface area contributed by atoms with Gasteiger partial charge in [0.05, 0.1) is 6.33 Å². The molecule has 0 amide bonds. The molecule has 9 heteroatoms. The molecule has 6 nitrogen and oxygen atoms in total. The first-order valence-electron chi connectivity index (χ1n) is 7.58. The van der Waals surface area contributed by atoms with Crippen molar-refractivity contribution in [2.75, 3.05) is 18.0 Å². The van der Waals surface area contributed by atoms with Crippen LogP contribution in [-0.2, 0) is 12.7 Å². The summed E-state index contributed by atoms with van der Waals surface area (Å²) in [7, 11) is 0. The average molecular weight is 339 g/mol. The van der Waals surface area contributed by atoms with Gasteiger partial charge in [0.15, 0.2) is 0 Å². The number of rotatable bonds is 3. The van der Waals surface area contributed by atoms with Crippen LogP contribution in [0.1, 0.15) is 18.5 Å². The Morgan fingerprint density at radius 3 is 2.62 bits per heavy atom. The van der Waals surface area contributed by atoms with Gasteiger partial charge in [-0.25, -0.2) is 15.0 Å². The standard InChI is InChI=1S/C15H16F3N5O/c16-15(17,18)12-7-13(21-9-20-12)22-5-2-11(3-6-22)8-23-10-19-4-1-14(23)24/h1,4,7,9-11H,2-3,5-6,8H2. The molecule has 1 fully saturated rings. The van der Waals surface area contributed by atoms with Crippen LogP contribution in [0.3, 0.4) is 0 Å². The molecule has 0 saturated carbocycles. The Labute approximate surface area is 136 Å². The predicted octanol–water partition coefficient (Wildman–Crippen LogP) is 1.97. The van der Waals surface area contributed by atoms with Crippen molar-refractivity contribution >= 4 is 5.82 Å². The molecule has 0 bridgehead atoms. The van der Waals surface area contributed by atoms with E-state index in [9.17, 15) is 18.0 Å². The minimum atomic E-state index is -4.47. The van der Waals surface area contributed by atoms with Crippen molar-refractivity contribution in [2.24, 2.45) is 5.92 Å². The first kappa shape index (κ1) is 16.4. The van der Waals surface area contributed by atoms with E-state index in [4.69, 9.17) is 0 Å². The van der Waals surface area contributed by atoms with Gasteiger partial charge in [0.1, 0.15) is 17.8 Å². The van der Waals surface area contributed by atoms with Crippen molar-refractivity contribution in [1.29, 1.82) is 0 Å². The van der Waals surface area contributed by atoms with E-state index in [0.717, 1.165) is 25.2 Å². The molecular formula is C15H16F3N5O. The minimum absolute atomic E-state index is 0.0990. The number of halogens is 3. The molecule has 3 rings (SSSR count). The lowest BCUT2D eigenvalue weighted by Crippen LogP contribution is -2.37. The smallest absolute Gasteiger partial charge is 0.356 e. The highest BCUT2D eigenvalue weighted by Crippen LogP contribution is 2.30. The van der Waals surface area contributed by atoms with E-state index in [1.54, 1.807) is 4.57 Å². The summed E-state index contributed by atoms with van der Waals surface area (Å²) in [5.74, 6) is 0.571. The lowest BCUT2D eigenvalue weighted by molar-refractivity contribution is -0.141. The van der Waals surface area contributed by atoms with E-state index >= 15 is 0 Å². The summed E-state index contributed by atoms with van der Waals surface area (Å²) < 4.78 is 39.8. The first-order valence-corrected chi connectivity index (χ1v) is 7.58. The molecule has 0 aliphatic carbocycles. The summed E-state index contributed by atoms with van der Waals surface area (Å²) >= 11 is 0. The third-order valence-corrected chi connectivity index (χ3v) is 4.13. The molecule has 1 aliphatic rings. The quantitative estimate of drug-likeness (QED) is 0.855. The zero-order valence-corrected chi connectivity index (χ0v) is 12.8. The van der Waals surface area contributed by atoms with E-state index in [0.29, 0.717) is 19.6 Å². The Hall–Kier alpha value is -2.45. The van der Waals surface area contributed by atoms with Crippen molar-refractivity contribution in [3.8, 4) is 0 Å². The summed E-state index contributed by atoms with van der Waals surface area (Å²) in [5, 5.41) is 0. The predicted molar refractivity (Wildman–Crippen MR) is 80.5 cm³/mol. The van der Waals surface area contributed by atoms with E-state index < -0.39 is 11.9 Å². The van der Waals surface area contributed by atoms with Gasteiger partial charge in [0.2, 0.25) is 0 Å². The third-order valence-electron chi connectivity index (χ3n) is 4.13. The van der Waals surface area contributed by atoms with Crippen LogP contribution < -0.4 is 10.5 Å². The van der Waals surface area contributed by atoms with Gasteiger partial charge in [-0.15, -0.1) is 0 Å². The first-order chi connectivity index (χ1) is 11.4. The largest absolute Gasteiger partial charge is 0.433 e. The summed E-state index contributed by atoms with van der Waals surface area (Å²) in [6, 6.07) is 2.39. The summed E-state index contributed by atoms with van der Waals surface area (Å²) in [4.78, 5) is 24.7. The van der Waals surface area contributed by atoms with Crippen LogP contribution in [0, 0.1) is 5.92 Å². The summed E-state index contributed by atoms with van der Waals surface area (Å²) in [6.45, 7) is 1.75. The Bertz CT molecular complexity index is 753. The van der Waals surface area contributed by atoms with Crippen molar-refractivity contribution in [1.82, 2.24) is 19.5 Å². The molecule has 1 saturated heterocycles. The van der Waals surface area contributed by atoms with Crippen molar-refractivity contribution in [2.45, 2.75) is 25.6 Å². The molecule has 1 aliphatic heterocycles. The second-order valence-electron chi connectivity index (χ2n) is 5.76. The summed E-state index contributed by atoms with van der Waals surface area (Å²) in [6.07, 6.45) is 0.972. The van der Waals surface area contributed by atoms with Gasteiger partial charge in [0.25, 0.3) is 5.56 Å². The number of hydrogen-bond acceptors (Lipinski definition) is 5. The lowest BCUT2D eigenvalue weighted by atomic mass is 9.96. The number of aromatic nitrogens is 4. The Balaban J connectivity index is 1.63. The van der Waals surface area contributed by atoms with E-state index in [1.165, 1.54) is 18.6 Å². The van der Waals surface area contributed by atoms with E-state index in [2.05, 4.69) is 15.0 Å². The fourth-order valence-electron chi connectivity index (χ4n) is 2.81. The maximum absolute atomic E-state index is 12.7.